The van der Waals surface area contributed by atoms with Crippen molar-refractivity contribution in [2.75, 3.05) is 19.7 Å². The van der Waals surface area contributed by atoms with Gasteiger partial charge in [-0.25, -0.2) is 4.79 Å². The second-order valence-corrected chi connectivity index (χ2v) is 6.01. The molecule has 0 saturated heterocycles. The summed E-state index contributed by atoms with van der Waals surface area (Å²) in [5.41, 5.74) is -0.525. The number of amides is 2. The molecule has 118 valence electrons. The summed E-state index contributed by atoms with van der Waals surface area (Å²) in [6.07, 6.45) is 1.90. The van der Waals surface area contributed by atoms with Gasteiger partial charge < -0.3 is 20.1 Å². The van der Waals surface area contributed by atoms with Gasteiger partial charge in [0.1, 0.15) is 6.54 Å². The fraction of sp³-hybridized carbons (Fsp3) is 0.857. The molecule has 0 rings (SSSR count). The van der Waals surface area contributed by atoms with Gasteiger partial charge in [0.15, 0.2) is 0 Å². The molecule has 20 heavy (non-hydrogen) atoms. The highest BCUT2D eigenvalue weighted by Crippen LogP contribution is 2.12. The molecule has 6 nitrogen and oxygen atoms in total. The van der Waals surface area contributed by atoms with Crippen LogP contribution in [0.4, 0.5) is 4.79 Å². The number of nitrogens with one attached hydrogen (secondary N) is 1. The maximum atomic E-state index is 12.0. The number of hydrogen-bond donors (Lipinski definition) is 2. The Morgan fingerprint density at radius 2 is 1.85 bits per heavy atom. The average molecular weight is 288 g/mol. The van der Waals surface area contributed by atoms with E-state index in [0.717, 1.165) is 12.8 Å². The maximum Gasteiger partial charge on any atom is 0.323 e. The molecule has 0 bridgehead atoms. The molecule has 6 heteroatoms. The molecule has 0 aliphatic rings. The highest BCUT2D eigenvalue weighted by molar-refractivity contribution is 5.80. The first-order valence-electron chi connectivity index (χ1n) is 7.03. The van der Waals surface area contributed by atoms with Crippen molar-refractivity contribution in [1.29, 1.82) is 0 Å². The number of carbonyl (C=O) groups is 2. The lowest BCUT2D eigenvalue weighted by atomic mass is 10.1. The Morgan fingerprint density at radius 1 is 1.25 bits per heavy atom. The number of hydrogen-bond acceptors (Lipinski definition) is 3. The Balaban J connectivity index is 4.06. The molecule has 0 saturated carbocycles. The van der Waals surface area contributed by atoms with Crippen molar-refractivity contribution in [2.45, 2.75) is 59.1 Å². The maximum absolute atomic E-state index is 12.0. The molecule has 0 fully saturated rings. The zero-order valence-corrected chi connectivity index (χ0v) is 13.2. The van der Waals surface area contributed by atoms with Gasteiger partial charge in [-0.05, 0) is 47.5 Å². The Labute approximate surface area is 121 Å². The van der Waals surface area contributed by atoms with Crippen LogP contribution in [0.15, 0.2) is 0 Å². The summed E-state index contributed by atoms with van der Waals surface area (Å²) in [5.74, 6) is -1.01. The summed E-state index contributed by atoms with van der Waals surface area (Å²) in [5, 5.41) is 11.6. The van der Waals surface area contributed by atoms with Gasteiger partial charge >= 0.3 is 12.0 Å². The van der Waals surface area contributed by atoms with E-state index in [9.17, 15) is 9.59 Å². The number of carbonyl (C=O) groups excluding carboxylic acids is 1. The van der Waals surface area contributed by atoms with Crippen LogP contribution in [-0.4, -0.2) is 53.3 Å². The molecule has 2 N–H and O–H groups in total. The van der Waals surface area contributed by atoms with Gasteiger partial charge in [0, 0.05) is 18.7 Å². The van der Waals surface area contributed by atoms with Crippen molar-refractivity contribution in [3.05, 3.63) is 0 Å². The number of urea groups is 1. The van der Waals surface area contributed by atoms with E-state index in [1.54, 1.807) is 0 Å². The average Bonchev–Trinajstić information content (AvgIpc) is 2.28. The topological polar surface area (TPSA) is 78.9 Å². The third-order valence-electron chi connectivity index (χ3n) is 2.65. The molecular formula is C14H28N2O4. The second-order valence-electron chi connectivity index (χ2n) is 6.01. The number of rotatable bonds is 8. The van der Waals surface area contributed by atoms with Gasteiger partial charge in [0.2, 0.25) is 0 Å². The van der Waals surface area contributed by atoms with Crippen LogP contribution in [-0.2, 0) is 9.53 Å². The van der Waals surface area contributed by atoms with Crippen LogP contribution in [0.3, 0.4) is 0 Å². The van der Waals surface area contributed by atoms with Gasteiger partial charge in [0.05, 0.1) is 6.10 Å². The molecule has 0 aliphatic carbocycles. The second kappa shape index (κ2) is 8.79. The molecular weight excluding hydrogens is 260 g/mol. The summed E-state index contributed by atoms with van der Waals surface area (Å²) in [7, 11) is 0. The quantitative estimate of drug-likeness (QED) is 0.670. The van der Waals surface area contributed by atoms with E-state index >= 15 is 0 Å². The summed E-state index contributed by atoms with van der Waals surface area (Å²) >= 11 is 0. The van der Waals surface area contributed by atoms with E-state index in [-0.39, 0.29) is 18.7 Å². The first-order chi connectivity index (χ1) is 9.14. The highest BCUT2D eigenvalue weighted by atomic mass is 16.5. The van der Waals surface area contributed by atoms with E-state index in [1.807, 2.05) is 34.6 Å². The van der Waals surface area contributed by atoms with Gasteiger partial charge in [-0.15, -0.1) is 0 Å². The lowest BCUT2D eigenvalue weighted by Gasteiger charge is -2.34. The van der Waals surface area contributed by atoms with Crippen LogP contribution in [0.2, 0.25) is 0 Å². The standard InChI is InChI=1S/C14H28N2O4/c1-11(2)20-9-7-6-8-15-13(19)16(10-12(17)18)14(3,4)5/h11H,6-10H2,1-5H3,(H,15,19)(H,17,18). The summed E-state index contributed by atoms with van der Waals surface area (Å²) in [6.45, 7) is 10.3. The SMILES string of the molecule is CC(C)OCCCCNC(=O)N(CC(=O)O)C(C)(C)C. The molecule has 0 unspecified atom stereocenters. The van der Waals surface area contributed by atoms with Crippen LogP contribution >= 0.6 is 0 Å². The van der Waals surface area contributed by atoms with E-state index in [1.165, 1.54) is 4.90 Å². The van der Waals surface area contributed by atoms with Crippen molar-refractivity contribution in [2.24, 2.45) is 0 Å². The summed E-state index contributed by atoms with van der Waals surface area (Å²) in [4.78, 5) is 24.1. The highest BCUT2D eigenvalue weighted by Gasteiger charge is 2.27. The Hall–Kier alpha value is -1.30. The third-order valence-corrected chi connectivity index (χ3v) is 2.65. The summed E-state index contributed by atoms with van der Waals surface area (Å²) < 4.78 is 5.40. The largest absolute Gasteiger partial charge is 0.480 e. The molecule has 0 radical (unpaired) electrons. The molecule has 0 aromatic rings. The van der Waals surface area contributed by atoms with Crippen molar-refractivity contribution < 1.29 is 19.4 Å². The Morgan fingerprint density at radius 3 is 2.30 bits per heavy atom. The molecule has 0 heterocycles. The fourth-order valence-electron chi connectivity index (χ4n) is 1.59. The van der Waals surface area contributed by atoms with Gasteiger partial charge in [-0.2, -0.15) is 0 Å². The zero-order chi connectivity index (χ0) is 15.8. The normalized spacial score (nSPS) is 11.5. The number of nitrogens with zero attached hydrogens (tertiary/aromatic N) is 1. The monoisotopic (exact) mass is 288 g/mol. The minimum absolute atomic E-state index is 0.219. The smallest absolute Gasteiger partial charge is 0.323 e. The van der Waals surface area contributed by atoms with Crippen molar-refractivity contribution >= 4 is 12.0 Å². The Kier molecular flexibility index (Phi) is 8.22. The molecule has 0 aromatic heterocycles. The molecule has 0 atom stereocenters. The van der Waals surface area contributed by atoms with Crippen LogP contribution in [0, 0.1) is 0 Å². The van der Waals surface area contributed by atoms with Crippen LogP contribution in [0.25, 0.3) is 0 Å². The summed E-state index contributed by atoms with van der Waals surface area (Å²) in [6, 6.07) is -0.343. The molecule has 0 spiro atoms. The van der Waals surface area contributed by atoms with Crippen molar-refractivity contribution in [3.8, 4) is 0 Å². The van der Waals surface area contributed by atoms with E-state index in [0.29, 0.717) is 13.2 Å². The lowest BCUT2D eigenvalue weighted by molar-refractivity contribution is -0.138. The predicted molar refractivity (Wildman–Crippen MR) is 77.8 cm³/mol. The molecule has 0 aliphatic heterocycles. The van der Waals surface area contributed by atoms with Gasteiger partial charge in [-0.1, -0.05) is 0 Å². The minimum atomic E-state index is -1.01. The predicted octanol–water partition coefficient (Wildman–Crippen LogP) is 2.09. The van der Waals surface area contributed by atoms with Gasteiger partial charge in [0.25, 0.3) is 0 Å². The van der Waals surface area contributed by atoms with Crippen LogP contribution < -0.4 is 5.32 Å². The first-order valence-corrected chi connectivity index (χ1v) is 7.03. The number of ether oxygens (including phenoxy) is 1. The van der Waals surface area contributed by atoms with Crippen LogP contribution in [0.1, 0.15) is 47.5 Å². The molecule has 0 aromatic carbocycles. The third kappa shape index (κ3) is 8.74. The van der Waals surface area contributed by atoms with Crippen molar-refractivity contribution in [1.82, 2.24) is 10.2 Å². The Bertz CT molecular complexity index is 311. The van der Waals surface area contributed by atoms with Crippen LogP contribution in [0.5, 0.6) is 0 Å². The number of carboxylic acid groups (broad SMARTS) is 1. The zero-order valence-electron chi connectivity index (χ0n) is 13.2. The fourth-order valence-corrected chi connectivity index (χ4v) is 1.59. The number of carboxylic acids is 1. The number of unbranched alkanes of at least 4 members (excludes halogenated alkanes) is 1. The number of aliphatic carboxylic acids is 1. The lowest BCUT2D eigenvalue weighted by Crippen LogP contribution is -2.52. The van der Waals surface area contributed by atoms with Gasteiger partial charge in [-0.3, -0.25) is 4.79 Å². The van der Waals surface area contributed by atoms with E-state index in [4.69, 9.17) is 9.84 Å². The minimum Gasteiger partial charge on any atom is -0.480 e. The van der Waals surface area contributed by atoms with E-state index < -0.39 is 11.5 Å². The van der Waals surface area contributed by atoms with E-state index in [2.05, 4.69) is 5.32 Å². The first kappa shape index (κ1) is 18.7. The molecule has 2 amide bonds. The van der Waals surface area contributed by atoms with Crippen molar-refractivity contribution in [3.63, 3.8) is 0 Å².